The first-order chi connectivity index (χ1) is 20.6. The number of para-hydroxylation sites is 2. The van der Waals surface area contributed by atoms with Crippen LogP contribution in [0.1, 0.15) is 37.0 Å². The second-order valence-corrected chi connectivity index (χ2v) is 11.1. The van der Waals surface area contributed by atoms with Gasteiger partial charge in [0, 0.05) is 40.6 Å². The molecule has 224 valence electrons. The summed E-state index contributed by atoms with van der Waals surface area (Å²) in [6, 6.07) is 23.9. The molecule has 0 atom stereocenters. The van der Waals surface area contributed by atoms with Crippen LogP contribution >= 0.6 is 0 Å². The second kappa shape index (κ2) is 13.8. The van der Waals surface area contributed by atoms with Gasteiger partial charge in [-0.3, -0.25) is 15.6 Å². The van der Waals surface area contributed by atoms with Crippen molar-refractivity contribution in [2.75, 3.05) is 13.7 Å². The number of fused-ring (bicyclic) bond motifs is 2. The molecule has 7 N–H and O–H groups in total. The van der Waals surface area contributed by atoms with E-state index in [1.807, 2.05) is 60.9 Å². The third-order valence-corrected chi connectivity index (χ3v) is 7.26. The van der Waals surface area contributed by atoms with Gasteiger partial charge in [-0.25, -0.2) is 0 Å². The summed E-state index contributed by atoms with van der Waals surface area (Å²) in [6.45, 7) is 5.68. The number of carbonyl (C=O) groups is 1. The summed E-state index contributed by atoms with van der Waals surface area (Å²) in [5.41, 5.74) is 10.5. The van der Waals surface area contributed by atoms with Crippen LogP contribution < -0.4 is 15.8 Å². The number of benzene rings is 3. The van der Waals surface area contributed by atoms with Crippen LogP contribution in [0.15, 0.2) is 85.2 Å². The molecule has 1 amide bonds. The van der Waals surface area contributed by atoms with Crippen LogP contribution in [-0.4, -0.2) is 51.6 Å². The van der Waals surface area contributed by atoms with Crippen molar-refractivity contribution in [2.45, 2.75) is 45.7 Å². The maximum Gasteiger partial charge on any atom is 0.239 e. The Hall–Kier alpha value is -4.89. The fourth-order valence-corrected chi connectivity index (χ4v) is 4.70. The van der Waals surface area contributed by atoms with Gasteiger partial charge in [0.05, 0.1) is 25.7 Å². The Morgan fingerprint density at radius 3 is 2.14 bits per heavy atom. The molecule has 2 aromatic heterocycles. The number of H-pyrrole nitrogens is 2. The van der Waals surface area contributed by atoms with E-state index in [0.29, 0.717) is 25.2 Å². The first-order valence-electron chi connectivity index (χ1n) is 14.3. The second-order valence-electron chi connectivity index (χ2n) is 11.1. The quantitative estimate of drug-likeness (QED) is 0.0954. The molecule has 5 aromatic rings. The molecule has 0 unspecified atom stereocenters. The maximum atomic E-state index is 12.2. The van der Waals surface area contributed by atoms with Crippen LogP contribution in [0.4, 0.5) is 0 Å². The van der Waals surface area contributed by atoms with Crippen LogP contribution in [0.5, 0.6) is 5.75 Å². The molecular weight excluding hydrogens is 538 g/mol. The number of nitrogens with one attached hydrogen (secondary N) is 5. The molecule has 0 aliphatic rings. The average Bonchev–Trinajstić information content (AvgIpc) is 3.60. The lowest BCUT2D eigenvalue weighted by Crippen LogP contribution is -2.52. The molecule has 0 aliphatic carbocycles. The molecule has 43 heavy (non-hydrogen) atoms. The molecule has 5 rings (SSSR count). The number of amides is 1. The fourth-order valence-electron chi connectivity index (χ4n) is 4.70. The number of hydrogen-bond donors (Lipinski definition) is 6. The predicted octanol–water partition coefficient (Wildman–Crippen LogP) is 5.90. The van der Waals surface area contributed by atoms with Gasteiger partial charge in [0.15, 0.2) is 0 Å². The molecule has 0 saturated heterocycles. The average molecular weight is 580 g/mol. The van der Waals surface area contributed by atoms with Crippen molar-refractivity contribution in [1.82, 2.24) is 20.2 Å². The molecule has 9 nitrogen and oxygen atoms in total. The molecule has 0 fully saturated rings. The summed E-state index contributed by atoms with van der Waals surface area (Å²) in [5.74, 6) is 0.837. The number of aromatic nitrogens is 2. The van der Waals surface area contributed by atoms with E-state index in [0.717, 1.165) is 27.8 Å². The van der Waals surface area contributed by atoms with Gasteiger partial charge >= 0.3 is 0 Å². The Labute approximate surface area is 252 Å². The summed E-state index contributed by atoms with van der Waals surface area (Å²) in [4.78, 5) is 20.3. The van der Waals surface area contributed by atoms with Crippen molar-refractivity contribution in [2.24, 2.45) is 5.73 Å². The normalized spacial score (nSPS) is 11.1. The van der Waals surface area contributed by atoms with E-state index in [9.17, 15) is 4.79 Å². The zero-order chi connectivity index (χ0) is 31.0. The first-order valence-corrected chi connectivity index (χ1v) is 14.3. The van der Waals surface area contributed by atoms with E-state index in [-0.39, 0.29) is 18.3 Å². The zero-order valence-electron chi connectivity index (χ0n) is 25.3. The Balaban J connectivity index is 0.000000353. The highest BCUT2D eigenvalue weighted by atomic mass is 16.5. The number of methoxy groups -OCH3 is 1. The molecule has 0 bridgehead atoms. The van der Waals surface area contributed by atoms with Crippen LogP contribution in [-0.2, 0) is 17.8 Å². The largest absolute Gasteiger partial charge is 0.497 e. The van der Waals surface area contributed by atoms with Crippen molar-refractivity contribution >= 4 is 39.4 Å². The molecule has 3 aromatic carbocycles. The van der Waals surface area contributed by atoms with E-state index >= 15 is 0 Å². The highest BCUT2D eigenvalue weighted by molar-refractivity contribution is 6.00. The summed E-state index contributed by atoms with van der Waals surface area (Å²) in [5, 5.41) is 22.5. The Bertz CT molecular complexity index is 1690. The molecule has 0 aliphatic heterocycles. The lowest BCUT2D eigenvalue weighted by atomic mass is 10.1. The van der Waals surface area contributed by atoms with Gasteiger partial charge in [0.1, 0.15) is 17.4 Å². The van der Waals surface area contributed by atoms with Gasteiger partial charge in [0.2, 0.25) is 5.91 Å². The van der Waals surface area contributed by atoms with Crippen LogP contribution in [0.25, 0.3) is 21.8 Å². The molecule has 0 spiro atoms. The van der Waals surface area contributed by atoms with Gasteiger partial charge in [-0.15, -0.1) is 0 Å². The number of aryl methyl sites for hydroxylation is 2. The summed E-state index contributed by atoms with van der Waals surface area (Å²) >= 11 is 0. The number of hydrogen-bond acceptors (Lipinski definition) is 5. The van der Waals surface area contributed by atoms with Gasteiger partial charge < -0.3 is 30.7 Å². The van der Waals surface area contributed by atoms with Crippen LogP contribution in [0, 0.1) is 17.7 Å². The highest BCUT2D eigenvalue weighted by Gasteiger charge is 2.23. The van der Waals surface area contributed by atoms with Gasteiger partial charge in [0.25, 0.3) is 0 Å². The predicted molar refractivity (Wildman–Crippen MR) is 175 cm³/mol. The lowest BCUT2D eigenvalue weighted by molar-refractivity contribution is -0.124. The number of amidine groups is 2. The maximum absolute atomic E-state index is 12.2. The molecule has 0 saturated carbocycles. The van der Waals surface area contributed by atoms with Crippen LogP contribution in [0.3, 0.4) is 0 Å². The van der Waals surface area contributed by atoms with Crippen molar-refractivity contribution in [3.05, 3.63) is 102 Å². The van der Waals surface area contributed by atoms with E-state index in [4.69, 9.17) is 21.3 Å². The summed E-state index contributed by atoms with van der Waals surface area (Å²) in [6.07, 6.45) is 5.12. The Morgan fingerprint density at radius 1 is 0.907 bits per heavy atom. The van der Waals surface area contributed by atoms with Crippen molar-refractivity contribution in [3.8, 4) is 5.75 Å². The first kappa shape index (κ1) is 31.1. The number of nitrogens with zero attached hydrogens (tertiary/aromatic N) is 1. The van der Waals surface area contributed by atoms with E-state index in [1.54, 1.807) is 25.9 Å². The fraction of sp³-hybridized carbons (Fsp3) is 0.265. The number of carbonyl (C=O) groups excluding carboxylic acids is 1. The number of aromatic amines is 2. The minimum absolute atomic E-state index is 0.00885. The van der Waals surface area contributed by atoms with Gasteiger partial charge in [-0.05, 0) is 68.1 Å². The Morgan fingerprint density at radius 2 is 1.51 bits per heavy atom. The SMILES string of the molecule is COc1ccc(CN(C(=N)CCc2c[nH]c3ccccc23)C(=N)CNC(=O)C(C)(C)N)cc1.Cc1c[nH]c2ccccc12. The van der Waals surface area contributed by atoms with Gasteiger partial charge in [-0.1, -0.05) is 48.5 Å². The number of ether oxygens (including phenoxy) is 1. The smallest absolute Gasteiger partial charge is 0.239 e. The van der Waals surface area contributed by atoms with Crippen molar-refractivity contribution in [3.63, 3.8) is 0 Å². The third kappa shape index (κ3) is 8.11. The molecule has 2 heterocycles. The summed E-state index contributed by atoms with van der Waals surface area (Å²) in [7, 11) is 1.61. The third-order valence-electron chi connectivity index (χ3n) is 7.26. The number of rotatable bonds is 9. The standard InChI is InChI=1S/C25H32N6O2.C9H9N/c1-25(2,28)24(32)30-15-23(27)31(16-17-8-11-19(33-3)12-9-17)22(26)13-10-18-14-29-21-7-5-4-6-20(18)21;1-7-6-10-9-5-3-2-4-8(7)9/h4-9,11-12,14,26-27,29H,10,13,15-16,28H2,1-3H3,(H,30,32);2-6,10H,1H3. The minimum atomic E-state index is -1.04. The van der Waals surface area contributed by atoms with Crippen molar-refractivity contribution in [1.29, 1.82) is 10.8 Å². The Kier molecular flexibility index (Phi) is 10.0. The lowest BCUT2D eigenvalue weighted by Gasteiger charge is -2.27. The summed E-state index contributed by atoms with van der Waals surface area (Å²) < 4.78 is 5.22. The monoisotopic (exact) mass is 579 g/mol. The topological polar surface area (TPSA) is 147 Å². The van der Waals surface area contributed by atoms with Crippen molar-refractivity contribution < 1.29 is 9.53 Å². The highest BCUT2D eigenvalue weighted by Crippen LogP contribution is 2.20. The van der Waals surface area contributed by atoms with Crippen LogP contribution in [0.2, 0.25) is 0 Å². The number of nitrogens with two attached hydrogens (primary N) is 1. The van der Waals surface area contributed by atoms with E-state index in [1.165, 1.54) is 16.5 Å². The van der Waals surface area contributed by atoms with Gasteiger partial charge in [-0.2, -0.15) is 0 Å². The van der Waals surface area contributed by atoms with E-state index < -0.39 is 5.54 Å². The minimum Gasteiger partial charge on any atom is -0.497 e. The van der Waals surface area contributed by atoms with E-state index in [2.05, 4.69) is 46.5 Å². The zero-order valence-corrected chi connectivity index (χ0v) is 25.3. The molecular formula is C34H41N7O2. The molecule has 0 radical (unpaired) electrons. The molecule has 9 heteroatoms.